The van der Waals surface area contributed by atoms with E-state index < -0.39 is 0 Å². The minimum atomic E-state index is 0. The summed E-state index contributed by atoms with van der Waals surface area (Å²) in [5, 5.41) is 0. The van der Waals surface area contributed by atoms with E-state index in [0.29, 0.717) is 0 Å². The van der Waals surface area contributed by atoms with Gasteiger partial charge in [0.25, 0.3) is 0 Å². The van der Waals surface area contributed by atoms with Crippen LogP contribution in [0.15, 0.2) is 12.1 Å². The van der Waals surface area contributed by atoms with Crippen LogP contribution in [0.5, 0.6) is 0 Å². The fraction of sp³-hybridized carbons (Fsp3) is 0.400. The molecule has 0 saturated heterocycles. The van der Waals surface area contributed by atoms with Crippen LogP contribution in [0.25, 0.3) is 0 Å². The Balaban J connectivity index is 0.000001000. The summed E-state index contributed by atoms with van der Waals surface area (Å²) in [7, 11) is 0. The van der Waals surface area contributed by atoms with Crippen LogP contribution in [0.4, 0.5) is 0 Å². The van der Waals surface area contributed by atoms with Gasteiger partial charge in [-0.15, -0.1) is 0 Å². The van der Waals surface area contributed by atoms with Crippen molar-refractivity contribution in [2.45, 2.75) is 27.7 Å². The number of benzene rings is 1. The van der Waals surface area contributed by atoms with Crippen LogP contribution < -0.4 is 0 Å². The van der Waals surface area contributed by atoms with Gasteiger partial charge in [-0.1, -0.05) is 12.1 Å². The fourth-order valence-electron chi connectivity index (χ4n) is 1.09. The monoisotopic (exact) mass is 158 g/mol. The molecule has 0 saturated carbocycles. The molecule has 1 aromatic rings. The molecule has 0 fully saturated rings. The average Bonchev–Trinajstić information content (AvgIpc) is 1.93. The fourth-order valence-corrected chi connectivity index (χ4v) is 1.09. The summed E-state index contributed by atoms with van der Waals surface area (Å²) in [6.45, 7) is 8.67. The summed E-state index contributed by atoms with van der Waals surface area (Å²) in [6, 6.07) is 4.36. The Bertz CT molecular complexity index is 224. The van der Waals surface area contributed by atoms with Gasteiger partial charge in [-0.2, -0.15) is 0 Å². The molecule has 56 valence electrons. The molecule has 0 aliphatic heterocycles. The van der Waals surface area contributed by atoms with Gasteiger partial charge in [0, 0.05) is 0 Å². The van der Waals surface area contributed by atoms with Crippen molar-refractivity contribution in [3.8, 4) is 0 Å². The summed E-state index contributed by atoms with van der Waals surface area (Å²) < 4.78 is 0. The molecule has 0 aromatic heterocycles. The summed E-state index contributed by atoms with van der Waals surface area (Å²) in [5.41, 5.74) is 5.64. The van der Waals surface area contributed by atoms with E-state index in [9.17, 15) is 0 Å². The second kappa shape index (κ2) is 4.30. The molecule has 0 aliphatic carbocycles. The first-order chi connectivity index (χ1) is 4.63. The molecule has 1 aromatic carbocycles. The maximum absolute atomic E-state index is 2.18. The van der Waals surface area contributed by atoms with Gasteiger partial charge in [-0.3, -0.25) is 0 Å². The molecule has 0 N–H and O–H groups in total. The zero-order chi connectivity index (χ0) is 7.72. The van der Waals surface area contributed by atoms with Crippen molar-refractivity contribution in [1.82, 2.24) is 0 Å². The van der Waals surface area contributed by atoms with E-state index in [1.54, 1.807) is 0 Å². The average molecular weight is 158 g/mol. The molecule has 0 heterocycles. The molecular formula is C10H15Na. The van der Waals surface area contributed by atoms with E-state index in [1.807, 2.05) is 0 Å². The Kier molecular flexibility index (Phi) is 4.38. The SMILES string of the molecule is Cc1ccc(C)c(C)c1C.[NaH]. The Morgan fingerprint density at radius 2 is 1.00 bits per heavy atom. The van der Waals surface area contributed by atoms with Gasteiger partial charge in [0.2, 0.25) is 0 Å². The third-order valence-electron chi connectivity index (χ3n) is 2.33. The van der Waals surface area contributed by atoms with Crippen molar-refractivity contribution in [2.75, 3.05) is 0 Å². The third-order valence-corrected chi connectivity index (χ3v) is 2.33. The van der Waals surface area contributed by atoms with Crippen molar-refractivity contribution in [1.29, 1.82) is 0 Å². The van der Waals surface area contributed by atoms with Crippen LogP contribution >= 0.6 is 0 Å². The molecule has 0 radical (unpaired) electrons. The van der Waals surface area contributed by atoms with E-state index in [-0.39, 0.29) is 29.6 Å². The van der Waals surface area contributed by atoms with Crippen molar-refractivity contribution in [2.24, 2.45) is 0 Å². The van der Waals surface area contributed by atoms with Gasteiger partial charge < -0.3 is 0 Å². The molecule has 1 rings (SSSR count). The second-order valence-electron chi connectivity index (χ2n) is 2.95. The van der Waals surface area contributed by atoms with Gasteiger partial charge in [0.05, 0.1) is 0 Å². The van der Waals surface area contributed by atoms with Gasteiger partial charge in [-0.25, -0.2) is 0 Å². The summed E-state index contributed by atoms with van der Waals surface area (Å²) >= 11 is 0. The van der Waals surface area contributed by atoms with E-state index in [4.69, 9.17) is 0 Å². The van der Waals surface area contributed by atoms with E-state index >= 15 is 0 Å². The van der Waals surface area contributed by atoms with E-state index in [1.165, 1.54) is 22.3 Å². The first-order valence-electron chi connectivity index (χ1n) is 3.66. The predicted molar refractivity (Wildman–Crippen MR) is 52.5 cm³/mol. The molecule has 0 atom stereocenters. The Hall–Kier alpha value is 0.220. The molecule has 1 heteroatoms. The number of rotatable bonds is 0. The van der Waals surface area contributed by atoms with Gasteiger partial charge in [-0.05, 0) is 49.9 Å². The molecule has 0 unspecified atom stereocenters. The van der Waals surface area contributed by atoms with Gasteiger partial charge in [0.1, 0.15) is 0 Å². The normalized spacial score (nSPS) is 9.09. The Morgan fingerprint density at radius 3 is 1.27 bits per heavy atom. The topological polar surface area (TPSA) is 0 Å². The number of aryl methyl sites for hydroxylation is 2. The zero-order valence-electron chi connectivity index (χ0n) is 7.15. The molecule has 0 amide bonds. The molecule has 0 bridgehead atoms. The van der Waals surface area contributed by atoms with Crippen molar-refractivity contribution in [3.63, 3.8) is 0 Å². The van der Waals surface area contributed by atoms with Crippen LogP contribution in [0.3, 0.4) is 0 Å². The molecule has 0 spiro atoms. The van der Waals surface area contributed by atoms with Crippen molar-refractivity contribution < 1.29 is 0 Å². The van der Waals surface area contributed by atoms with Crippen molar-refractivity contribution >= 4 is 29.6 Å². The Labute approximate surface area is 91.3 Å². The van der Waals surface area contributed by atoms with Gasteiger partial charge >= 0.3 is 29.6 Å². The quantitative estimate of drug-likeness (QED) is 0.508. The van der Waals surface area contributed by atoms with Crippen molar-refractivity contribution in [3.05, 3.63) is 34.4 Å². The number of hydrogen-bond donors (Lipinski definition) is 0. The first-order valence-corrected chi connectivity index (χ1v) is 3.66. The molecule has 0 nitrogen and oxygen atoms in total. The Morgan fingerprint density at radius 1 is 0.727 bits per heavy atom. The standard InChI is InChI=1S/C10H14.Na.H/c1-7-5-6-8(2)10(4)9(7)3;;/h5-6H,1-4H3;;. The molecule has 0 aliphatic rings. The van der Waals surface area contributed by atoms with Crippen LogP contribution in [-0.4, -0.2) is 29.6 Å². The molecular weight excluding hydrogens is 143 g/mol. The van der Waals surface area contributed by atoms with Crippen LogP contribution in [0.1, 0.15) is 22.3 Å². The van der Waals surface area contributed by atoms with Gasteiger partial charge in [0.15, 0.2) is 0 Å². The summed E-state index contributed by atoms with van der Waals surface area (Å²) in [6.07, 6.45) is 0. The van der Waals surface area contributed by atoms with E-state index in [2.05, 4.69) is 39.8 Å². The summed E-state index contributed by atoms with van der Waals surface area (Å²) in [5.74, 6) is 0. The zero-order valence-corrected chi connectivity index (χ0v) is 7.15. The predicted octanol–water partition coefficient (Wildman–Crippen LogP) is 2.27. The minimum absolute atomic E-state index is 0. The first kappa shape index (κ1) is 11.2. The van der Waals surface area contributed by atoms with Crippen LogP contribution in [0.2, 0.25) is 0 Å². The van der Waals surface area contributed by atoms with E-state index in [0.717, 1.165) is 0 Å². The third kappa shape index (κ3) is 2.33. The summed E-state index contributed by atoms with van der Waals surface area (Å²) in [4.78, 5) is 0. The molecule has 11 heavy (non-hydrogen) atoms. The van der Waals surface area contributed by atoms with Crippen LogP contribution in [0, 0.1) is 27.7 Å². The van der Waals surface area contributed by atoms with Crippen LogP contribution in [-0.2, 0) is 0 Å². The number of hydrogen-bond acceptors (Lipinski definition) is 0. The maximum atomic E-state index is 2.18. The second-order valence-corrected chi connectivity index (χ2v) is 2.95.